The summed E-state index contributed by atoms with van der Waals surface area (Å²) in [5.74, 6) is 0.220. The lowest BCUT2D eigenvalue weighted by atomic mass is 9.37. The summed E-state index contributed by atoms with van der Waals surface area (Å²) >= 11 is 5.98. The number of carbonyl (C=O) groups excluding carboxylic acids is 1. The quantitative estimate of drug-likeness (QED) is 0.653. The highest BCUT2D eigenvalue weighted by Gasteiger charge is 2.69. The average Bonchev–Trinajstić information content (AvgIpc) is 3.14. The zero-order chi connectivity index (χ0) is 23.9. The van der Waals surface area contributed by atoms with Crippen LogP contribution >= 0.6 is 11.6 Å². The maximum atomic E-state index is 12.9. The molecule has 2 bridgehead atoms. The van der Waals surface area contributed by atoms with E-state index in [2.05, 4.69) is 15.2 Å². The average molecular weight is 498 g/mol. The Balaban J connectivity index is 1.03. The smallest absolute Gasteiger partial charge is 0.480 e. The van der Waals surface area contributed by atoms with E-state index in [9.17, 15) is 23.1 Å². The van der Waals surface area contributed by atoms with Crippen molar-refractivity contribution >= 4 is 17.5 Å². The van der Waals surface area contributed by atoms with Crippen molar-refractivity contribution in [3.8, 4) is 5.75 Å². The van der Waals surface area contributed by atoms with Gasteiger partial charge in [0.05, 0.1) is 24.4 Å². The maximum Gasteiger partial charge on any atom is 0.522 e. The van der Waals surface area contributed by atoms with E-state index in [1.807, 2.05) is 6.20 Å². The normalized spacial score (nSPS) is 35.8. The minimum Gasteiger partial charge on any atom is -0.480 e. The molecule has 182 valence electrons. The van der Waals surface area contributed by atoms with Gasteiger partial charge in [0.25, 0.3) is 5.91 Å². The van der Waals surface area contributed by atoms with Crippen molar-refractivity contribution in [2.75, 3.05) is 0 Å². The van der Waals surface area contributed by atoms with E-state index in [0.717, 1.165) is 24.8 Å². The zero-order valence-electron chi connectivity index (χ0n) is 18.0. The van der Waals surface area contributed by atoms with Crippen LogP contribution in [0.15, 0.2) is 30.6 Å². The first-order valence-corrected chi connectivity index (χ1v) is 11.7. The minimum atomic E-state index is -4.60. The lowest BCUT2D eigenvalue weighted by molar-refractivity contribution is -0.353. The van der Waals surface area contributed by atoms with Gasteiger partial charge in [0, 0.05) is 34.2 Å². The Morgan fingerprint density at radius 3 is 2.71 bits per heavy atom. The summed E-state index contributed by atoms with van der Waals surface area (Å²) < 4.78 is 48.6. The van der Waals surface area contributed by atoms with E-state index in [1.54, 1.807) is 29.1 Å². The van der Waals surface area contributed by atoms with Gasteiger partial charge in [-0.3, -0.25) is 14.2 Å². The van der Waals surface area contributed by atoms with Crippen LogP contribution in [0.4, 0.5) is 13.2 Å². The molecule has 0 spiro atoms. The van der Waals surface area contributed by atoms with E-state index in [4.69, 9.17) is 16.3 Å². The van der Waals surface area contributed by atoms with Gasteiger partial charge in [0.1, 0.15) is 5.75 Å². The van der Waals surface area contributed by atoms with Gasteiger partial charge in [-0.1, -0.05) is 11.6 Å². The zero-order valence-corrected chi connectivity index (χ0v) is 18.8. The van der Waals surface area contributed by atoms with E-state index in [-0.39, 0.29) is 42.2 Å². The summed E-state index contributed by atoms with van der Waals surface area (Å²) in [7, 11) is 0. The van der Waals surface area contributed by atoms with Crippen LogP contribution in [0.2, 0.25) is 5.02 Å². The molecule has 11 heteroatoms. The Morgan fingerprint density at radius 1 is 1.26 bits per heavy atom. The number of rotatable bonds is 5. The number of ether oxygens (including phenoxy) is 2. The van der Waals surface area contributed by atoms with Crippen molar-refractivity contribution in [2.24, 2.45) is 0 Å². The van der Waals surface area contributed by atoms with E-state index < -0.39 is 24.7 Å². The molecule has 2 aromatic rings. The topological polar surface area (TPSA) is 85.6 Å². The fourth-order valence-corrected chi connectivity index (χ4v) is 6.18. The minimum absolute atomic E-state index is 0.0482. The number of aliphatic hydroxyl groups is 1. The molecule has 7 rings (SSSR count). The summed E-state index contributed by atoms with van der Waals surface area (Å²) in [6, 6.07) is 4.88. The van der Waals surface area contributed by atoms with Gasteiger partial charge in [0.15, 0.2) is 6.10 Å². The third-order valence-corrected chi connectivity index (χ3v) is 7.94. The number of carbonyl (C=O) groups is 1. The SMILES string of the molecule is O=C(NC12CC(c3cnn([C@H]4C[C@@H](OC(F)(F)F)C4)c3)(C1)C2)[C@H]1C[C@@H](O)c2cc(Cl)ccc2O1. The van der Waals surface area contributed by atoms with Crippen LogP contribution in [0, 0.1) is 0 Å². The molecule has 0 unspecified atom stereocenters. The molecule has 2 N–H and O–H groups in total. The van der Waals surface area contributed by atoms with Crippen molar-refractivity contribution in [1.82, 2.24) is 15.1 Å². The number of benzene rings is 1. The first kappa shape index (κ1) is 22.2. The number of nitrogens with zero attached hydrogens (tertiary/aromatic N) is 2. The molecular weight excluding hydrogens is 475 g/mol. The number of aromatic nitrogens is 2. The predicted octanol–water partition coefficient (Wildman–Crippen LogP) is 3.95. The largest absolute Gasteiger partial charge is 0.522 e. The third-order valence-electron chi connectivity index (χ3n) is 7.71. The van der Waals surface area contributed by atoms with Gasteiger partial charge in [-0.15, -0.1) is 13.2 Å². The number of fused-ring (bicyclic) bond motifs is 1. The number of aliphatic hydroxyl groups excluding tert-OH is 1. The standard InChI is InChI=1S/C23H23ClF3N3O4/c24-13-1-2-18-16(3-13)17(31)6-19(33-18)20(32)29-22-9-21(10-22,11-22)12-7-28-30(8-12)14-4-15(5-14)34-23(25,26)27/h1-3,7-8,14-15,17,19,31H,4-6,9-11H2,(H,29,32)/t14-,15+,17-,19-,21?,22?/m1/s1. The molecule has 5 aliphatic rings. The Bertz CT molecular complexity index is 1130. The third kappa shape index (κ3) is 3.67. The molecule has 4 fully saturated rings. The Hall–Kier alpha value is -2.30. The molecule has 1 aromatic heterocycles. The summed E-state index contributed by atoms with van der Waals surface area (Å²) in [5, 5.41) is 18.4. The van der Waals surface area contributed by atoms with Crippen molar-refractivity contribution in [3.05, 3.63) is 46.7 Å². The van der Waals surface area contributed by atoms with E-state index in [1.165, 1.54) is 0 Å². The lowest BCUT2D eigenvalue weighted by Gasteiger charge is -2.70. The Morgan fingerprint density at radius 2 is 2.00 bits per heavy atom. The predicted molar refractivity (Wildman–Crippen MR) is 113 cm³/mol. The summed E-state index contributed by atoms with van der Waals surface area (Å²) in [5.41, 5.74) is 1.31. The fraction of sp³-hybridized carbons (Fsp3) is 0.565. The van der Waals surface area contributed by atoms with Gasteiger partial charge in [-0.25, -0.2) is 0 Å². The molecule has 4 saturated carbocycles. The summed E-state index contributed by atoms with van der Waals surface area (Å²) in [4.78, 5) is 12.9. The molecule has 2 atom stereocenters. The van der Waals surface area contributed by atoms with Gasteiger partial charge < -0.3 is 15.2 Å². The van der Waals surface area contributed by atoms with E-state index >= 15 is 0 Å². The van der Waals surface area contributed by atoms with Crippen LogP contribution in [0.25, 0.3) is 0 Å². The van der Waals surface area contributed by atoms with Crippen LogP contribution in [-0.2, 0) is 14.9 Å². The van der Waals surface area contributed by atoms with Crippen molar-refractivity contribution < 1.29 is 32.5 Å². The number of alkyl halides is 3. The van der Waals surface area contributed by atoms with Crippen LogP contribution in [0.5, 0.6) is 5.75 Å². The molecule has 0 radical (unpaired) electrons. The Labute approximate surface area is 198 Å². The molecule has 0 saturated heterocycles. The van der Waals surface area contributed by atoms with Crippen LogP contribution in [0.3, 0.4) is 0 Å². The first-order chi connectivity index (χ1) is 16.0. The molecule has 1 aromatic carbocycles. The summed E-state index contributed by atoms with van der Waals surface area (Å²) in [6.45, 7) is 0. The second-order valence-electron chi connectivity index (χ2n) is 10.1. The maximum absolute atomic E-state index is 12.9. The second kappa shape index (κ2) is 7.35. The molecule has 1 aliphatic heterocycles. The molecule has 4 aliphatic carbocycles. The lowest BCUT2D eigenvalue weighted by Crippen LogP contribution is -2.77. The molecule has 2 heterocycles. The van der Waals surface area contributed by atoms with Gasteiger partial charge in [0.2, 0.25) is 0 Å². The van der Waals surface area contributed by atoms with E-state index in [0.29, 0.717) is 16.3 Å². The summed E-state index contributed by atoms with van der Waals surface area (Å²) in [6.07, 6.45) is -0.231. The van der Waals surface area contributed by atoms with Crippen LogP contribution in [-0.4, -0.2) is 44.9 Å². The monoisotopic (exact) mass is 497 g/mol. The van der Waals surface area contributed by atoms with Crippen LogP contribution in [0.1, 0.15) is 61.8 Å². The number of hydrogen-bond acceptors (Lipinski definition) is 5. The van der Waals surface area contributed by atoms with Crippen LogP contribution < -0.4 is 10.1 Å². The highest BCUT2D eigenvalue weighted by Crippen LogP contribution is 2.67. The van der Waals surface area contributed by atoms with Crippen molar-refractivity contribution in [3.63, 3.8) is 0 Å². The second-order valence-corrected chi connectivity index (χ2v) is 10.6. The van der Waals surface area contributed by atoms with Crippen molar-refractivity contribution in [1.29, 1.82) is 0 Å². The highest BCUT2D eigenvalue weighted by molar-refractivity contribution is 6.30. The molecular formula is C23H23ClF3N3O4. The number of amides is 1. The number of halogens is 4. The molecule has 34 heavy (non-hydrogen) atoms. The number of nitrogens with one attached hydrogen (secondary N) is 1. The highest BCUT2D eigenvalue weighted by atomic mass is 35.5. The molecule has 1 amide bonds. The van der Waals surface area contributed by atoms with Gasteiger partial charge in [-0.05, 0) is 55.9 Å². The van der Waals surface area contributed by atoms with Crippen molar-refractivity contribution in [2.45, 2.75) is 80.2 Å². The first-order valence-electron chi connectivity index (χ1n) is 11.3. The molecule has 7 nitrogen and oxygen atoms in total. The fourth-order valence-electron chi connectivity index (χ4n) is 6.00. The number of hydrogen-bond donors (Lipinski definition) is 2. The Kier molecular flexibility index (Phi) is 4.80. The van der Waals surface area contributed by atoms with Gasteiger partial charge >= 0.3 is 6.36 Å². The van der Waals surface area contributed by atoms with Gasteiger partial charge in [-0.2, -0.15) is 5.10 Å².